The molecular weight excluding hydrogens is 1030 g/mol. The fourth-order valence-electron chi connectivity index (χ4n) is 7.19. The van der Waals surface area contributed by atoms with E-state index in [9.17, 15) is 44.7 Å². The molecule has 10 nitrogen and oxygen atoms in total. The molecule has 3 N–H and O–H groups in total. The summed E-state index contributed by atoms with van der Waals surface area (Å²) in [5, 5.41) is 24.5. The van der Waals surface area contributed by atoms with Crippen LogP contribution in [0.25, 0.3) is 0 Å². The van der Waals surface area contributed by atoms with E-state index in [1.54, 1.807) is 13.8 Å². The molecule has 0 bridgehead atoms. The van der Waals surface area contributed by atoms with Crippen LogP contribution in [0.2, 0.25) is 20.1 Å². The van der Waals surface area contributed by atoms with Crippen molar-refractivity contribution in [2.75, 3.05) is 13.1 Å². The second-order valence-electron chi connectivity index (χ2n) is 16.8. The fourth-order valence-corrected chi connectivity index (χ4v) is 8.38. The summed E-state index contributed by atoms with van der Waals surface area (Å²) in [6.07, 6.45) is -7.73. The maximum atomic E-state index is 14.2. The molecule has 0 aromatic heterocycles. The summed E-state index contributed by atoms with van der Waals surface area (Å²) < 4.78 is 112. The largest absolute Gasteiger partial charge is 0.435 e. The number of nitrogens with one attached hydrogen (secondary N) is 1. The van der Waals surface area contributed by atoms with Crippen LogP contribution in [0.1, 0.15) is 92.6 Å². The molecule has 2 atom stereocenters. The van der Waals surface area contributed by atoms with Crippen LogP contribution in [-0.2, 0) is 20.9 Å². The molecule has 2 fully saturated rings. The minimum atomic E-state index is -4.92. The second-order valence-corrected chi connectivity index (χ2v) is 18.7. The lowest BCUT2D eigenvalue weighted by Gasteiger charge is -2.29. The third-order valence-electron chi connectivity index (χ3n) is 12.0. The Morgan fingerprint density at radius 1 is 0.681 bits per heavy atom. The molecule has 0 saturated heterocycles. The third-order valence-corrected chi connectivity index (χ3v) is 13.3. The van der Waals surface area contributed by atoms with Crippen molar-refractivity contribution in [2.24, 2.45) is 26.9 Å². The Labute approximate surface area is 413 Å². The number of carbonyl (C=O) groups is 2. The van der Waals surface area contributed by atoms with E-state index in [4.69, 9.17) is 83.9 Å². The molecule has 8 rings (SSSR count). The molecule has 0 spiro atoms. The Hall–Kier alpha value is -5.21. The van der Waals surface area contributed by atoms with E-state index < -0.39 is 89.9 Å². The van der Waals surface area contributed by atoms with Gasteiger partial charge in [-0.15, -0.1) is 0 Å². The number of benzene rings is 4. The lowest BCUT2D eigenvalue weighted by molar-refractivity contribution is -0.276. The highest BCUT2D eigenvalue weighted by Gasteiger charge is 2.64. The number of oxime groups is 2. The molecule has 23 heteroatoms. The lowest BCUT2D eigenvalue weighted by Crippen LogP contribution is -2.42. The molecule has 1 amide bonds. The first-order chi connectivity index (χ1) is 32.2. The van der Waals surface area contributed by atoms with E-state index >= 15 is 0 Å². The van der Waals surface area contributed by atoms with E-state index in [1.807, 2.05) is 0 Å². The van der Waals surface area contributed by atoms with Crippen molar-refractivity contribution < 1.29 is 54.4 Å². The maximum absolute atomic E-state index is 14.2. The maximum Gasteiger partial charge on any atom is 0.435 e. The van der Waals surface area contributed by atoms with Gasteiger partial charge in [-0.2, -0.15) is 36.9 Å². The van der Waals surface area contributed by atoms with Gasteiger partial charge in [-0.05, 0) is 122 Å². The van der Waals surface area contributed by atoms with Crippen molar-refractivity contribution in [1.29, 1.82) is 10.5 Å². The summed E-state index contributed by atoms with van der Waals surface area (Å²) >= 11 is 28.2. The lowest BCUT2D eigenvalue weighted by atomic mass is 9.86. The molecule has 2 aliphatic carbocycles. The third kappa shape index (κ3) is 10.9. The van der Waals surface area contributed by atoms with Crippen LogP contribution >= 0.6 is 58.0 Å². The Morgan fingerprint density at radius 3 is 1.35 bits per heavy atom. The number of nitrogens with zero attached hydrogens (tertiary/aromatic N) is 4. The molecule has 69 heavy (non-hydrogen) atoms. The molecule has 0 radical (unpaired) electrons. The average Bonchev–Trinajstić information content (AvgIpc) is 4.16. The van der Waals surface area contributed by atoms with Crippen molar-refractivity contribution >= 4 is 80.6 Å². The number of amides is 1. The normalized spacial score (nSPS) is 20.5. The van der Waals surface area contributed by atoms with Gasteiger partial charge in [-0.25, -0.2) is 8.78 Å². The van der Waals surface area contributed by atoms with E-state index in [-0.39, 0.29) is 34.9 Å². The zero-order valence-corrected chi connectivity index (χ0v) is 39.6. The highest BCUT2D eigenvalue weighted by atomic mass is 35.5. The van der Waals surface area contributed by atoms with Crippen LogP contribution in [0.3, 0.4) is 0 Å². The van der Waals surface area contributed by atoms with Crippen molar-refractivity contribution in [3.63, 3.8) is 0 Å². The monoisotopic (exact) mass is 1060 g/mol. The first kappa shape index (κ1) is 53.1. The molecule has 2 aliphatic heterocycles. The van der Waals surface area contributed by atoms with E-state index in [0.29, 0.717) is 34.4 Å². The second kappa shape index (κ2) is 19.9. The highest BCUT2D eigenvalue weighted by molar-refractivity contribution is 6.67. The molecule has 0 unspecified atom stereocenters. The molecule has 4 aromatic carbocycles. The van der Waals surface area contributed by atoms with E-state index in [2.05, 4.69) is 27.8 Å². The van der Waals surface area contributed by atoms with Gasteiger partial charge in [-0.3, -0.25) is 9.59 Å². The van der Waals surface area contributed by atoms with E-state index in [0.717, 1.165) is 49.9 Å². The SMILES string of the molecule is Cc1cc(C2=NO[C@@](c3cc(Cl)c(F)c(Cl)c3)(C(F)(F)F)C2)ccc1C(=O)Cl.Cc1cc(C2=NO[C@@](c3cc(Cl)c(F)c(Cl)c3)(C(F)(F)F)C2)ccc1C(=O)NCC1(C#N)CC1.N#CC1(CN)CC1. The number of hydrogen-bond acceptors (Lipinski definition) is 9. The molecule has 2 saturated carbocycles. The Kier molecular flexibility index (Phi) is 15.3. The highest BCUT2D eigenvalue weighted by Crippen LogP contribution is 2.52. The number of nitriles is 2. The summed E-state index contributed by atoms with van der Waals surface area (Å²) in [6.45, 7) is 4.01. The number of nitrogens with two attached hydrogens (primary N) is 1. The number of halogens is 13. The van der Waals surface area contributed by atoms with Crippen LogP contribution in [0.4, 0.5) is 35.1 Å². The quantitative estimate of drug-likeness (QED) is 0.0957. The van der Waals surface area contributed by atoms with Crippen molar-refractivity contribution in [1.82, 2.24) is 5.32 Å². The number of alkyl halides is 6. The van der Waals surface area contributed by atoms with Crippen LogP contribution in [0.5, 0.6) is 0 Å². The number of hydrogen-bond donors (Lipinski definition) is 2. The Balaban J connectivity index is 0.000000201. The standard InChI is InChI=1S/C23H17Cl2F4N3O2.C18H10Cl3F4NO2.C5H8N2/c1-12-6-13(2-3-15(12)20(33)31-11-21(10-30)4-5-21)18-9-22(34-32-18,23(27,28)29)14-7-16(24)19(26)17(25)8-14;1-8-4-9(2-3-11(8)16(21)27)14-7-17(28-26-14,18(23,24)25)10-5-12(19)15(22)13(20)6-10;6-3-5(4-7)1-2-5/h2-3,6-8H,4-5,9,11H2,1H3,(H,31,33);2-6H,7H2,1H3;1-3,6H2/t22-;17-;/m00./s1. The molecule has 4 aliphatic rings. The van der Waals surface area contributed by atoms with Gasteiger partial charge in [0.1, 0.15) is 0 Å². The minimum absolute atomic E-state index is 0.00873. The smallest absolute Gasteiger partial charge is 0.374 e. The van der Waals surface area contributed by atoms with Gasteiger partial charge in [0.15, 0.2) is 11.6 Å². The van der Waals surface area contributed by atoms with Crippen molar-refractivity contribution in [3.05, 3.63) is 137 Å². The van der Waals surface area contributed by atoms with Crippen LogP contribution < -0.4 is 11.1 Å². The van der Waals surface area contributed by atoms with Gasteiger partial charge >= 0.3 is 12.4 Å². The van der Waals surface area contributed by atoms with Crippen molar-refractivity contribution in [3.8, 4) is 12.1 Å². The van der Waals surface area contributed by atoms with Gasteiger partial charge in [-0.1, -0.05) is 68.8 Å². The first-order valence-electron chi connectivity index (χ1n) is 20.4. The minimum Gasteiger partial charge on any atom is -0.374 e. The molecular formula is C46H35Cl5F8N6O4. The molecule has 364 valence electrons. The van der Waals surface area contributed by atoms with Crippen LogP contribution in [0.15, 0.2) is 71.0 Å². The Bertz CT molecular complexity index is 2830. The molecule has 2 heterocycles. The zero-order chi connectivity index (χ0) is 51.1. The van der Waals surface area contributed by atoms with Gasteiger partial charge in [0, 0.05) is 48.2 Å². The van der Waals surface area contributed by atoms with Gasteiger partial charge in [0.25, 0.3) is 22.4 Å². The van der Waals surface area contributed by atoms with Gasteiger partial charge in [0.05, 0.1) is 54.5 Å². The topological polar surface area (TPSA) is 163 Å². The summed E-state index contributed by atoms with van der Waals surface area (Å²) in [5.74, 6) is -2.44. The van der Waals surface area contributed by atoms with Gasteiger partial charge < -0.3 is 20.7 Å². The number of carbonyl (C=O) groups excluding carboxylic acids is 2. The predicted octanol–water partition coefficient (Wildman–Crippen LogP) is 12.7. The molecule has 4 aromatic rings. The number of aryl methyl sites for hydroxylation is 2. The van der Waals surface area contributed by atoms with Crippen LogP contribution in [-0.4, -0.2) is 48.0 Å². The fraction of sp³-hybridized carbons (Fsp3) is 0.348. The predicted molar refractivity (Wildman–Crippen MR) is 241 cm³/mol. The summed E-state index contributed by atoms with van der Waals surface area (Å²) in [5.41, 5.74) is 0.111. The van der Waals surface area contributed by atoms with Crippen LogP contribution in [0, 0.1) is 59.0 Å². The first-order valence-corrected chi connectivity index (χ1v) is 22.3. The summed E-state index contributed by atoms with van der Waals surface area (Å²) in [7, 11) is 0. The average molecular weight is 1070 g/mol. The van der Waals surface area contributed by atoms with E-state index in [1.165, 1.54) is 36.4 Å². The summed E-state index contributed by atoms with van der Waals surface area (Å²) in [4.78, 5) is 33.6. The zero-order valence-electron chi connectivity index (χ0n) is 35.8. The van der Waals surface area contributed by atoms with Gasteiger partial charge in [0.2, 0.25) is 0 Å². The Morgan fingerprint density at radius 2 is 1.06 bits per heavy atom. The summed E-state index contributed by atoms with van der Waals surface area (Å²) in [6, 6.07) is 16.4. The van der Waals surface area contributed by atoms with Crippen molar-refractivity contribution in [2.45, 2.75) is 75.9 Å². The number of rotatable bonds is 9.